The van der Waals surface area contributed by atoms with Gasteiger partial charge in [-0.2, -0.15) is 0 Å². The van der Waals surface area contributed by atoms with Gasteiger partial charge < -0.3 is 4.74 Å². The molecule has 3 rings (SSSR count). The fourth-order valence-electron chi connectivity index (χ4n) is 3.83. The summed E-state index contributed by atoms with van der Waals surface area (Å²) in [6, 6.07) is 0. The van der Waals surface area contributed by atoms with Gasteiger partial charge in [0.2, 0.25) is 0 Å². The second kappa shape index (κ2) is 2.85. The predicted molar refractivity (Wildman–Crippen MR) is 52.5 cm³/mol. The molecule has 3 aliphatic carbocycles. The van der Waals surface area contributed by atoms with Gasteiger partial charge in [-0.3, -0.25) is 4.79 Å². The molecule has 0 aromatic rings. The van der Waals surface area contributed by atoms with Crippen molar-refractivity contribution in [3.63, 3.8) is 0 Å². The highest BCUT2D eigenvalue weighted by Gasteiger charge is 2.52. The fourth-order valence-corrected chi connectivity index (χ4v) is 3.83. The lowest BCUT2D eigenvalue weighted by Gasteiger charge is -2.28. The summed E-state index contributed by atoms with van der Waals surface area (Å²) < 4.78 is 5.35. The van der Waals surface area contributed by atoms with Gasteiger partial charge in [0.05, 0.1) is 0 Å². The molecule has 0 N–H and O–H groups in total. The van der Waals surface area contributed by atoms with E-state index in [4.69, 9.17) is 4.74 Å². The van der Waals surface area contributed by atoms with Crippen molar-refractivity contribution < 1.29 is 9.53 Å². The smallest absolute Gasteiger partial charge is 0.303 e. The zero-order chi connectivity index (χ0) is 9.71. The predicted octanol–water partition coefficient (Wildman–Crippen LogP) is 2.15. The summed E-state index contributed by atoms with van der Waals surface area (Å²) in [4.78, 5) is 10.9. The Labute approximate surface area is 84.3 Å². The molecule has 0 aliphatic heterocycles. The molecular weight excluding hydrogens is 176 g/mol. The van der Waals surface area contributed by atoms with E-state index in [1.54, 1.807) is 0 Å². The van der Waals surface area contributed by atoms with Gasteiger partial charge >= 0.3 is 5.97 Å². The third kappa shape index (κ3) is 1.06. The molecule has 2 nitrogen and oxygen atoms in total. The molecule has 3 aliphatic rings. The van der Waals surface area contributed by atoms with Crippen molar-refractivity contribution in [2.75, 3.05) is 0 Å². The van der Waals surface area contributed by atoms with Crippen molar-refractivity contribution in [1.29, 1.82) is 0 Å². The Balaban J connectivity index is 1.79. The average Bonchev–Trinajstić information content (AvgIpc) is 2.74. The molecule has 0 aromatic heterocycles. The summed E-state index contributed by atoms with van der Waals surface area (Å²) in [6.07, 6.45) is 8.61. The maximum Gasteiger partial charge on any atom is 0.303 e. The highest BCUT2D eigenvalue weighted by Crippen LogP contribution is 2.56. The summed E-state index contributed by atoms with van der Waals surface area (Å²) in [6.45, 7) is 1.51. The number of allylic oxidation sites excluding steroid dienone is 1. The Hall–Kier alpha value is -0.790. The van der Waals surface area contributed by atoms with Gasteiger partial charge in [0, 0.05) is 12.8 Å². The number of ether oxygens (including phenoxy) is 1. The minimum Gasteiger partial charge on any atom is -0.458 e. The molecule has 0 heterocycles. The molecule has 0 radical (unpaired) electrons. The molecule has 2 fully saturated rings. The van der Waals surface area contributed by atoms with E-state index in [2.05, 4.69) is 12.2 Å². The lowest BCUT2D eigenvalue weighted by molar-refractivity contribution is -0.147. The van der Waals surface area contributed by atoms with Gasteiger partial charge in [0.25, 0.3) is 0 Å². The highest BCUT2D eigenvalue weighted by molar-refractivity contribution is 5.66. The number of esters is 1. The molecule has 4 unspecified atom stereocenters. The van der Waals surface area contributed by atoms with Gasteiger partial charge in [-0.25, -0.2) is 0 Å². The van der Waals surface area contributed by atoms with E-state index in [1.165, 1.54) is 26.2 Å². The van der Waals surface area contributed by atoms with Crippen molar-refractivity contribution in [1.82, 2.24) is 0 Å². The second-order valence-electron chi connectivity index (χ2n) is 4.95. The van der Waals surface area contributed by atoms with Crippen LogP contribution in [0.4, 0.5) is 0 Å². The number of carbonyl (C=O) groups is 1. The van der Waals surface area contributed by atoms with Crippen molar-refractivity contribution in [2.24, 2.45) is 23.7 Å². The Morgan fingerprint density at radius 1 is 1.29 bits per heavy atom. The summed E-state index contributed by atoms with van der Waals surface area (Å²) in [5, 5.41) is 0. The van der Waals surface area contributed by atoms with Crippen LogP contribution in [0, 0.1) is 23.7 Å². The Morgan fingerprint density at radius 3 is 2.86 bits per heavy atom. The summed E-state index contributed by atoms with van der Waals surface area (Å²) in [5.74, 6) is 2.92. The summed E-state index contributed by atoms with van der Waals surface area (Å²) in [7, 11) is 0. The van der Waals surface area contributed by atoms with Crippen molar-refractivity contribution in [3.05, 3.63) is 12.2 Å². The van der Waals surface area contributed by atoms with Crippen LogP contribution in [0.5, 0.6) is 0 Å². The first-order valence-corrected chi connectivity index (χ1v) is 5.61. The van der Waals surface area contributed by atoms with Gasteiger partial charge in [-0.05, 0) is 43.1 Å². The highest BCUT2D eigenvalue weighted by atomic mass is 16.5. The van der Waals surface area contributed by atoms with Crippen LogP contribution in [-0.2, 0) is 9.53 Å². The maximum absolute atomic E-state index is 10.9. The summed E-state index contributed by atoms with van der Waals surface area (Å²) in [5.41, 5.74) is 0. The molecule has 0 amide bonds. The van der Waals surface area contributed by atoms with E-state index in [1.807, 2.05) is 0 Å². The van der Waals surface area contributed by atoms with E-state index in [-0.39, 0.29) is 12.1 Å². The minimum absolute atomic E-state index is 0.0906. The van der Waals surface area contributed by atoms with E-state index in [0.717, 1.165) is 17.8 Å². The standard InChI is InChI=1S/C12H16O2/c1-7(13)14-11-5-4-10-8-2-3-9(6-8)12(10)11/h4-5,8-12H,2-3,6H2,1H3/t8?,9?,10?,11-,12?/m1/s1. The molecule has 76 valence electrons. The molecule has 2 bridgehead atoms. The van der Waals surface area contributed by atoms with Crippen LogP contribution in [0.2, 0.25) is 0 Å². The fraction of sp³-hybridized carbons (Fsp3) is 0.750. The molecule has 5 atom stereocenters. The van der Waals surface area contributed by atoms with E-state index in [0.29, 0.717) is 5.92 Å². The number of rotatable bonds is 1. The zero-order valence-electron chi connectivity index (χ0n) is 8.48. The van der Waals surface area contributed by atoms with E-state index in [9.17, 15) is 4.79 Å². The van der Waals surface area contributed by atoms with Crippen LogP contribution in [0.1, 0.15) is 26.2 Å². The Bertz CT molecular complexity index is 295. The third-order valence-corrected chi connectivity index (χ3v) is 4.25. The molecule has 0 saturated heterocycles. The molecule has 2 saturated carbocycles. The molecular formula is C12H16O2. The average molecular weight is 192 g/mol. The second-order valence-corrected chi connectivity index (χ2v) is 4.95. The molecule has 2 heteroatoms. The topological polar surface area (TPSA) is 26.3 Å². The van der Waals surface area contributed by atoms with Crippen LogP contribution in [-0.4, -0.2) is 12.1 Å². The zero-order valence-corrected chi connectivity index (χ0v) is 8.48. The lowest BCUT2D eigenvalue weighted by atomic mass is 9.80. The maximum atomic E-state index is 10.9. The lowest BCUT2D eigenvalue weighted by Crippen LogP contribution is -2.29. The molecule has 0 aromatic carbocycles. The van der Waals surface area contributed by atoms with Gasteiger partial charge in [0.1, 0.15) is 6.10 Å². The Morgan fingerprint density at radius 2 is 2.07 bits per heavy atom. The SMILES string of the molecule is CC(=O)O[C@@H]1C=CC2C3CCC(C3)C21. The third-order valence-electron chi connectivity index (χ3n) is 4.25. The van der Waals surface area contributed by atoms with Crippen LogP contribution in [0.3, 0.4) is 0 Å². The summed E-state index contributed by atoms with van der Waals surface area (Å²) >= 11 is 0. The van der Waals surface area contributed by atoms with E-state index < -0.39 is 0 Å². The number of carbonyl (C=O) groups excluding carboxylic acids is 1. The quantitative estimate of drug-likeness (QED) is 0.470. The van der Waals surface area contributed by atoms with Gasteiger partial charge in [-0.1, -0.05) is 6.08 Å². The minimum atomic E-state index is -0.136. The molecule has 0 spiro atoms. The van der Waals surface area contributed by atoms with Gasteiger partial charge in [0.15, 0.2) is 0 Å². The first-order chi connectivity index (χ1) is 6.75. The van der Waals surface area contributed by atoms with E-state index >= 15 is 0 Å². The van der Waals surface area contributed by atoms with Crippen molar-refractivity contribution in [3.8, 4) is 0 Å². The Kier molecular flexibility index (Phi) is 1.73. The van der Waals surface area contributed by atoms with Gasteiger partial charge in [-0.15, -0.1) is 0 Å². The van der Waals surface area contributed by atoms with Crippen LogP contribution >= 0.6 is 0 Å². The normalized spacial score (nSPS) is 48.2. The van der Waals surface area contributed by atoms with Crippen LogP contribution in [0.25, 0.3) is 0 Å². The monoisotopic (exact) mass is 192 g/mol. The number of hydrogen-bond donors (Lipinski definition) is 0. The van der Waals surface area contributed by atoms with Crippen molar-refractivity contribution >= 4 is 5.97 Å². The van der Waals surface area contributed by atoms with Crippen LogP contribution < -0.4 is 0 Å². The molecule has 14 heavy (non-hydrogen) atoms. The largest absolute Gasteiger partial charge is 0.458 e. The van der Waals surface area contributed by atoms with Crippen molar-refractivity contribution in [2.45, 2.75) is 32.3 Å². The van der Waals surface area contributed by atoms with Crippen LogP contribution in [0.15, 0.2) is 12.2 Å². The number of hydrogen-bond acceptors (Lipinski definition) is 2. The first-order valence-electron chi connectivity index (χ1n) is 5.61. The first kappa shape index (κ1) is 8.51. The number of fused-ring (bicyclic) bond motifs is 5.